The summed E-state index contributed by atoms with van der Waals surface area (Å²) in [4.78, 5) is 0. The summed E-state index contributed by atoms with van der Waals surface area (Å²) in [7, 11) is -2.95. The fourth-order valence-electron chi connectivity index (χ4n) is 1.93. The molecule has 88 valence electrons. The molecule has 1 N–H and O–H groups in total. The van der Waals surface area contributed by atoms with Crippen molar-refractivity contribution in [2.75, 3.05) is 18.1 Å². The van der Waals surface area contributed by atoms with Crippen molar-refractivity contribution >= 4 is 9.84 Å². The molecule has 1 heterocycles. The lowest BCUT2D eigenvalue weighted by molar-refractivity contribution is 0.505. The molecule has 0 bridgehead atoms. The molecule has 1 atom stereocenters. The topological polar surface area (TPSA) is 46.2 Å². The van der Waals surface area contributed by atoms with Crippen LogP contribution in [0, 0.1) is 5.82 Å². The second kappa shape index (κ2) is 4.51. The Bertz CT molecular complexity index is 473. The molecule has 0 saturated carbocycles. The van der Waals surface area contributed by atoms with Crippen LogP contribution in [-0.4, -0.2) is 32.5 Å². The van der Waals surface area contributed by atoms with E-state index in [4.69, 9.17) is 0 Å². The molecule has 5 heteroatoms. The van der Waals surface area contributed by atoms with Crippen molar-refractivity contribution in [3.8, 4) is 0 Å². The van der Waals surface area contributed by atoms with Crippen LogP contribution in [0.25, 0.3) is 0 Å². The molecule has 1 aromatic rings. The van der Waals surface area contributed by atoms with E-state index in [9.17, 15) is 12.8 Å². The van der Waals surface area contributed by atoms with Crippen LogP contribution in [0.1, 0.15) is 5.56 Å². The Balaban J connectivity index is 2.08. The third-order valence-electron chi connectivity index (χ3n) is 2.73. The van der Waals surface area contributed by atoms with Gasteiger partial charge in [0.25, 0.3) is 0 Å². The summed E-state index contributed by atoms with van der Waals surface area (Å²) in [5, 5.41) is 3.10. The molecule has 0 amide bonds. The minimum atomic E-state index is -2.95. The first-order valence-corrected chi connectivity index (χ1v) is 7.06. The molecule has 1 unspecified atom stereocenters. The van der Waals surface area contributed by atoms with E-state index in [1.807, 2.05) is 0 Å². The highest BCUT2D eigenvalue weighted by molar-refractivity contribution is 7.91. The van der Waals surface area contributed by atoms with Crippen molar-refractivity contribution in [2.45, 2.75) is 12.5 Å². The quantitative estimate of drug-likeness (QED) is 0.834. The van der Waals surface area contributed by atoms with Gasteiger partial charge in [-0.05, 0) is 18.1 Å². The van der Waals surface area contributed by atoms with E-state index >= 15 is 0 Å². The maximum atomic E-state index is 13.4. The van der Waals surface area contributed by atoms with E-state index < -0.39 is 9.84 Å². The Labute approximate surface area is 94.6 Å². The van der Waals surface area contributed by atoms with Crippen LogP contribution in [0.5, 0.6) is 0 Å². The molecule has 0 aromatic heterocycles. The Morgan fingerprint density at radius 1 is 1.38 bits per heavy atom. The van der Waals surface area contributed by atoms with Gasteiger partial charge in [0.2, 0.25) is 0 Å². The van der Waals surface area contributed by atoms with Crippen molar-refractivity contribution in [1.29, 1.82) is 0 Å². The Morgan fingerprint density at radius 3 is 2.81 bits per heavy atom. The molecule has 0 aliphatic carbocycles. The summed E-state index contributed by atoms with van der Waals surface area (Å²) in [5.74, 6) is 0.00882. The molecule has 1 aromatic carbocycles. The molecular weight excluding hydrogens is 229 g/mol. The van der Waals surface area contributed by atoms with Gasteiger partial charge >= 0.3 is 0 Å². The minimum Gasteiger partial charge on any atom is -0.312 e. The predicted molar refractivity (Wildman–Crippen MR) is 60.5 cm³/mol. The van der Waals surface area contributed by atoms with Gasteiger partial charge in [-0.25, -0.2) is 12.8 Å². The smallest absolute Gasteiger partial charge is 0.153 e. The summed E-state index contributed by atoms with van der Waals surface area (Å²) < 4.78 is 36.2. The molecule has 1 saturated heterocycles. The summed E-state index contributed by atoms with van der Waals surface area (Å²) in [6, 6.07) is 6.31. The van der Waals surface area contributed by atoms with E-state index in [0.717, 1.165) is 0 Å². The molecule has 3 nitrogen and oxygen atoms in total. The van der Waals surface area contributed by atoms with Crippen molar-refractivity contribution < 1.29 is 12.8 Å². The van der Waals surface area contributed by atoms with E-state index in [1.165, 1.54) is 6.07 Å². The Morgan fingerprint density at radius 2 is 2.12 bits per heavy atom. The molecule has 16 heavy (non-hydrogen) atoms. The first-order valence-electron chi connectivity index (χ1n) is 5.24. The number of hydrogen-bond donors (Lipinski definition) is 1. The van der Waals surface area contributed by atoms with Gasteiger partial charge in [0, 0.05) is 12.6 Å². The van der Waals surface area contributed by atoms with Crippen LogP contribution < -0.4 is 5.32 Å². The van der Waals surface area contributed by atoms with Gasteiger partial charge in [-0.1, -0.05) is 18.2 Å². The molecule has 1 fully saturated rings. The first kappa shape index (κ1) is 11.5. The molecule has 2 rings (SSSR count). The molecule has 0 spiro atoms. The van der Waals surface area contributed by atoms with Crippen LogP contribution in [0.4, 0.5) is 4.39 Å². The zero-order valence-electron chi connectivity index (χ0n) is 8.82. The molecule has 1 aliphatic heterocycles. The summed E-state index contributed by atoms with van der Waals surface area (Å²) >= 11 is 0. The van der Waals surface area contributed by atoms with Crippen molar-refractivity contribution in [1.82, 2.24) is 5.32 Å². The lowest BCUT2D eigenvalue weighted by Crippen LogP contribution is -2.46. The second-order valence-electron chi connectivity index (χ2n) is 4.06. The monoisotopic (exact) mass is 243 g/mol. The van der Waals surface area contributed by atoms with Crippen LogP contribution in [0.3, 0.4) is 0 Å². The fourth-order valence-corrected chi connectivity index (χ4v) is 3.37. The van der Waals surface area contributed by atoms with E-state index in [2.05, 4.69) is 5.32 Å². The van der Waals surface area contributed by atoms with Crippen molar-refractivity contribution in [2.24, 2.45) is 0 Å². The third kappa shape index (κ3) is 2.80. The average molecular weight is 243 g/mol. The lowest BCUT2D eigenvalue weighted by atomic mass is 10.1. The van der Waals surface area contributed by atoms with E-state index in [-0.39, 0.29) is 23.4 Å². The number of hydrogen-bond acceptors (Lipinski definition) is 3. The van der Waals surface area contributed by atoms with Crippen LogP contribution in [0.2, 0.25) is 0 Å². The predicted octanol–water partition coefficient (Wildman–Crippen LogP) is 0.755. The Hall–Kier alpha value is -0.940. The Kier molecular flexibility index (Phi) is 3.25. The molecule has 1 aliphatic rings. The van der Waals surface area contributed by atoms with Gasteiger partial charge in [-0.3, -0.25) is 0 Å². The average Bonchev–Trinajstić information content (AvgIpc) is 2.20. The maximum absolute atomic E-state index is 13.4. The molecular formula is C11H14FNO2S. The van der Waals surface area contributed by atoms with Gasteiger partial charge in [-0.2, -0.15) is 0 Å². The normalized spacial score (nSPS) is 24.2. The van der Waals surface area contributed by atoms with Crippen LogP contribution >= 0.6 is 0 Å². The van der Waals surface area contributed by atoms with Crippen molar-refractivity contribution in [3.05, 3.63) is 35.6 Å². The second-order valence-corrected chi connectivity index (χ2v) is 6.29. The van der Waals surface area contributed by atoms with Crippen LogP contribution in [0.15, 0.2) is 24.3 Å². The summed E-state index contributed by atoms with van der Waals surface area (Å²) in [6.07, 6.45) is 0.423. The first-order chi connectivity index (χ1) is 7.57. The van der Waals surface area contributed by atoms with Crippen molar-refractivity contribution in [3.63, 3.8) is 0 Å². The highest BCUT2D eigenvalue weighted by Crippen LogP contribution is 2.12. The van der Waals surface area contributed by atoms with Gasteiger partial charge in [-0.15, -0.1) is 0 Å². The van der Waals surface area contributed by atoms with E-state index in [0.29, 0.717) is 18.5 Å². The maximum Gasteiger partial charge on any atom is 0.153 e. The standard InChI is InChI=1S/C11H14FNO2S/c12-11-4-2-1-3-9(11)7-10-8-16(14,15)6-5-13-10/h1-4,10,13H,5-8H2. The lowest BCUT2D eigenvalue weighted by Gasteiger charge is -2.23. The van der Waals surface area contributed by atoms with E-state index in [1.54, 1.807) is 18.2 Å². The number of nitrogens with one attached hydrogen (secondary N) is 1. The molecule has 0 radical (unpaired) electrons. The van der Waals surface area contributed by atoms with Gasteiger partial charge < -0.3 is 5.32 Å². The highest BCUT2D eigenvalue weighted by Gasteiger charge is 2.24. The SMILES string of the molecule is O=S1(=O)CCNC(Cc2ccccc2F)C1. The zero-order chi connectivity index (χ0) is 11.6. The largest absolute Gasteiger partial charge is 0.312 e. The summed E-state index contributed by atoms with van der Waals surface area (Å²) in [5.41, 5.74) is 0.567. The minimum absolute atomic E-state index is 0.0985. The van der Waals surface area contributed by atoms with Gasteiger partial charge in [0.1, 0.15) is 5.82 Å². The zero-order valence-corrected chi connectivity index (χ0v) is 9.63. The number of rotatable bonds is 2. The number of halogens is 1. The third-order valence-corrected chi connectivity index (χ3v) is 4.46. The fraction of sp³-hybridized carbons (Fsp3) is 0.455. The number of benzene rings is 1. The number of sulfone groups is 1. The highest BCUT2D eigenvalue weighted by atomic mass is 32.2. The van der Waals surface area contributed by atoms with Gasteiger partial charge in [0.05, 0.1) is 11.5 Å². The van der Waals surface area contributed by atoms with Gasteiger partial charge in [0.15, 0.2) is 9.84 Å². The summed E-state index contributed by atoms with van der Waals surface area (Å²) in [6.45, 7) is 0.460. The van der Waals surface area contributed by atoms with Crippen LogP contribution in [-0.2, 0) is 16.3 Å².